The molecule has 0 saturated carbocycles. The number of fused-ring (bicyclic) bond motifs is 1. The van der Waals surface area contributed by atoms with Crippen LogP contribution in [0.15, 0.2) is 103 Å². The summed E-state index contributed by atoms with van der Waals surface area (Å²) in [5.74, 6) is 0.940. The molecular weight excluding hydrogens is 665 g/mol. The average Bonchev–Trinajstić information content (AvgIpc) is 3.21. The highest BCUT2D eigenvalue weighted by molar-refractivity contribution is 5.90. The third kappa shape index (κ3) is 11.8. The molecule has 2 fully saturated rings. The second-order valence-electron chi connectivity index (χ2n) is 14.6. The molecule has 9 nitrogen and oxygen atoms in total. The number of likely N-dealkylation sites (tertiary alicyclic amines) is 2. The Morgan fingerprint density at radius 1 is 0.679 bits per heavy atom. The summed E-state index contributed by atoms with van der Waals surface area (Å²) >= 11 is 0. The lowest BCUT2D eigenvalue weighted by atomic mass is 9.95. The zero-order chi connectivity index (χ0) is 36.7. The number of nitrogens with zero attached hydrogens (tertiary/aromatic N) is 3. The van der Waals surface area contributed by atoms with Crippen LogP contribution in [0, 0.1) is 11.8 Å². The second-order valence-corrected chi connectivity index (χ2v) is 14.6. The maximum absolute atomic E-state index is 13.4. The molecule has 2 saturated heterocycles. The molecule has 0 bridgehead atoms. The van der Waals surface area contributed by atoms with E-state index in [1.54, 1.807) is 0 Å². The fourth-order valence-corrected chi connectivity index (χ4v) is 7.52. The molecule has 6 rings (SSSR count). The zero-order valence-electron chi connectivity index (χ0n) is 30.9. The average molecular weight is 719 g/mol. The minimum absolute atomic E-state index is 0.167. The highest BCUT2D eigenvalue weighted by Gasteiger charge is 2.27. The number of piperidine rings is 2. The zero-order valence-corrected chi connectivity index (χ0v) is 30.9. The van der Waals surface area contributed by atoms with E-state index < -0.39 is 0 Å². The van der Waals surface area contributed by atoms with E-state index in [9.17, 15) is 14.4 Å². The summed E-state index contributed by atoms with van der Waals surface area (Å²) in [5, 5.41) is 5.24. The van der Waals surface area contributed by atoms with Crippen LogP contribution < -0.4 is 5.32 Å². The predicted octanol–water partition coefficient (Wildman–Crippen LogP) is 7.68. The monoisotopic (exact) mass is 718 g/mol. The number of nitrogens with one attached hydrogen (secondary N) is 1. The summed E-state index contributed by atoms with van der Waals surface area (Å²) in [6.45, 7) is 6.89. The number of alkyl carbamates (subject to hydrolysis) is 1. The molecule has 1 N–H and O–H groups in total. The van der Waals surface area contributed by atoms with Crippen LogP contribution in [0.5, 0.6) is 0 Å². The van der Waals surface area contributed by atoms with Gasteiger partial charge in [-0.1, -0.05) is 103 Å². The molecule has 0 aliphatic carbocycles. The van der Waals surface area contributed by atoms with Gasteiger partial charge < -0.3 is 29.5 Å². The SMILES string of the molecule is O=C(NCC1CCN(CCCCN(CC2CCN(C(=O)Cc3cccc4ccccc34)CC2)C(=O)OCc2ccccc2)CC1)OCc1ccccc1. The minimum atomic E-state index is -0.362. The molecule has 4 aromatic carbocycles. The van der Waals surface area contributed by atoms with Gasteiger partial charge in [0.1, 0.15) is 13.2 Å². The molecule has 2 aliphatic rings. The number of amides is 3. The topological polar surface area (TPSA) is 91.4 Å². The molecule has 0 aromatic heterocycles. The standard InChI is InChI=1S/C44H54N4O5/c49-42(30-40-18-11-17-39-16-7-8-19-41(39)40)47-28-22-36(23-29-47)32-48(44(51)53-34-38-14-5-2-6-15-38)25-10-9-24-46-26-20-35(21-27-46)31-45-43(50)52-33-37-12-3-1-4-13-37/h1-8,11-19,35-36H,9-10,20-34H2,(H,45,50). The Bertz CT molecular complexity index is 1730. The highest BCUT2D eigenvalue weighted by atomic mass is 16.6. The number of hydrogen-bond acceptors (Lipinski definition) is 6. The normalized spacial score (nSPS) is 15.6. The Balaban J connectivity index is 0.915. The fraction of sp³-hybridized carbons (Fsp3) is 0.432. The lowest BCUT2D eigenvalue weighted by Gasteiger charge is -2.35. The Hall–Kier alpha value is -4.89. The molecule has 53 heavy (non-hydrogen) atoms. The molecule has 3 amide bonds. The van der Waals surface area contributed by atoms with Gasteiger partial charge in [-0.3, -0.25) is 4.79 Å². The lowest BCUT2D eigenvalue weighted by Crippen LogP contribution is -2.44. The van der Waals surface area contributed by atoms with Gasteiger partial charge in [0.2, 0.25) is 5.91 Å². The van der Waals surface area contributed by atoms with Gasteiger partial charge in [0, 0.05) is 32.7 Å². The van der Waals surface area contributed by atoms with Gasteiger partial charge in [0.05, 0.1) is 6.42 Å². The molecule has 0 spiro atoms. The van der Waals surface area contributed by atoms with Crippen molar-refractivity contribution in [1.82, 2.24) is 20.0 Å². The number of rotatable bonds is 15. The first-order valence-electron chi connectivity index (χ1n) is 19.4. The van der Waals surface area contributed by atoms with Crippen molar-refractivity contribution in [2.45, 2.75) is 58.2 Å². The third-order valence-corrected chi connectivity index (χ3v) is 10.7. The molecular formula is C44H54N4O5. The first-order chi connectivity index (χ1) is 26.0. The smallest absolute Gasteiger partial charge is 0.410 e. The van der Waals surface area contributed by atoms with Gasteiger partial charge in [-0.15, -0.1) is 0 Å². The lowest BCUT2D eigenvalue weighted by molar-refractivity contribution is -0.131. The Labute approximate surface area is 314 Å². The van der Waals surface area contributed by atoms with E-state index in [2.05, 4.69) is 34.5 Å². The van der Waals surface area contributed by atoms with Crippen molar-refractivity contribution in [2.24, 2.45) is 11.8 Å². The van der Waals surface area contributed by atoms with E-state index in [4.69, 9.17) is 9.47 Å². The van der Waals surface area contributed by atoms with Crippen LogP contribution >= 0.6 is 0 Å². The van der Waals surface area contributed by atoms with Crippen molar-refractivity contribution in [1.29, 1.82) is 0 Å². The van der Waals surface area contributed by atoms with Crippen molar-refractivity contribution in [2.75, 3.05) is 52.4 Å². The Kier molecular flexibility index (Phi) is 14.1. The molecule has 4 aromatic rings. The van der Waals surface area contributed by atoms with Gasteiger partial charge in [-0.25, -0.2) is 9.59 Å². The molecule has 0 atom stereocenters. The van der Waals surface area contributed by atoms with Crippen molar-refractivity contribution >= 4 is 28.9 Å². The van der Waals surface area contributed by atoms with E-state index in [0.29, 0.717) is 51.0 Å². The van der Waals surface area contributed by atoms with Crippen molar-refractivity contribution in [3.63, 3.8) is 0 Å². The number of hydrogen-bond donors (Lipinski definition) is 1. The first-order valence-corrected chi connectivity index (χ1v) is 19.4. The van der Waals surface area contributed by atoms with Crippen LogP contribution in [0.3, 0.4) is 0 Å². The number of benzene rings is 4. The van der Waals surface area contributed by atoms with E-state index >= 15 is 0 Å². The van der Waals surface area contributed by atoms with Crippen molar-refractivity contribution in [3.8, 4) is 0 Å². The molecule has 0 radical (unpaired) electrons. The van der Waals surface area contributed by atoms with Gasteiger partial charge in [-0.05, 0) is 97.5 Å². The van der Waals surface area contributed by atoms with Crippen LogP contribution in [0.1, 0.15) is 55.2 Å². The summed E-state index contributed by atoms with van der Waals surface area (Å²) in [4.78, 5) is 45.3. The molecule has 0 unspecified atom stereocenters. The van der Waals surface area contributed by atoms with Crippen LogP contribution in [0.4, 0.5) is 9.59 Å². The molecule has 2 aliphatic heterocycles. The van der Waals surface area contributed by atoms with Crippen LogP contribution in [-0.4, -0.2) is 85.2 Å². The minimum Gasteiger partial charge on any atom is -0.445 e. The third-order valence-electron chi connectivity index (χ3n) is 10.7. The summed E-state index contributed by atoms with van der Waals surface area (Å²) in [6, 6.07) is 33.9. The van der Waals surface area contributed by atoms with Gasteiger partial charge in [0.15, 0.2) is 0 Å². The van der Waals surface area contributed by atoms with E-state index in [1.807, 2.05) is 88.7 Å². The summed E-state index contributed by atoms with van der Waals surface area (Å²) in [7, 11) is 0. The van der Waals surface area contributed by atoms with Crippen LogP contribution in [0.2, 0.25) is 0 Å². The highest BCUT2D eigenvalue weighted by Crippen LogP contribution is 2.24. The maximum Gasteiger partial charge on any atom is 0.410 e. The summed E-state index contributed by atoms with van der Waals surface area (Å²) in [6.07, 6.45) is 5.51. The van der Waals surface area contributed by atoms with Gasteiger partial charge in [-0.2, -0.15) is 0 Å². The number of carbonyl (C=O) groups is 3. The number of ether oxygens (including phenoxy) is 2. The molecule has 280 valence electrons. The first kappa shape index (κ1) is 37.9. The predicted molar refractivity (Wildman–Crippen MR) is 208 cm³/mol. The van der Waals surface area contributed by atoms with Crippen molar-refractivity contribution < 1.29 is 23.9 Å². The molecule has 2 heterocycles. The number of unbranched alkanes of at least 4 members (excludes halogenated alkanes) is 1. The van der Waals surface area contributed by atoms with E-state index in [0.717, 1.165) is 85.6 Å². The number of carbonyl (C=O) groups excluding carboxylic acids is 3. The second kappa shape index (κ2) is 19.8. The van der Waals surface area contributed by atoms with E-state index in [-0.39, 0.29) is 31.3 Å². The fourth-order valence-electron chi connectivity index (χ4n) is 7.52. The van der Waals surface area contributed by atoms with Gasteiger partial charge >= 0.3 is 12.2 Å². The maximum atomic E-state index is 13.4. The Morgan fingerprint density at radius 3 is 2.02 bits per heavy atom. The van der Waals surface area contributed by atoms with E-state index in [1.165, 1.54) is 0 Å². The van der Waals surface area contributed by atoms with Crippen molar-refractivity contribution in [3.05, 3.63) is 120 Å². The summed E-state index contributed by atoms with van der Waals surface area (Å²) in [5.41, 5.74) is 3.02. The van der Waals surface area contributed by atoms with Crippen LogP contribution in [-0.2, 0) is 33.9 Å². The quantitative estimate of drug-likeness (QED) is 0.127. The van der Waals surface area contributed by atoms with Gasteiger partial charge in [0.25, 0.3) is 0 Å². The molecule has 9 heteroatoms. The Morgan fingerprint density at radius 2 is 1.30 bits per heavy atom. The largest absolute Gasteiger partial charge is 0.445 e. The summed E-state index contributed by atoms with van der Waals surface area (Å²) < 4.78 is 11.2. The van der Waals surface area contributed by atoms with Crippen LogP contribution in [0.25, 0.3) is 10.8 Å².